The molecule has 1 amide bonds. The van der Waals surface area contributed by atoms with Crippen molar-refractivity contribution in [2.75, 3.05) is 18.4 Å². The molecule has 1 fully saturated rings. The molecular weight excluding hydrogens is 548 g/mol. The van der Waals surface area contributed by atoms with Crippen LogP contribution < -0.4 is 10.9 Å². The molecule has 0 spiro atoms. The second kappa shape index (κ2) is 12.0. The van der Waals surface area contributed by atoms with Crippen molar-refractivity contribution in [2.45, 2.75) is 26.4 Å². The van der Waals surface area contributed by atoms with Crippen molar-refractivity contribution < 1.29 is 14.3 Å². The van der Waals surface area contributed by atoms with Gasteiger partial charge in [-0.25, -0.2) is 9.78 Å². The molecule has 0 saturated carbocycles. The van der Waals surface area contributed by atoms with Gasteiger partial charge in [0.2, 0.25) is 0 Å². The number of rotatable bonds is 7. The van der Waals surface area contributed by atoms with Crippen LogP contribution >= 0.6 is 11.3 Å². The summed E-state index contributed by atoms with van der Waals surface area (Å²) in [5, 5.41) is 4.17. The highest BCUT2D eigenvalue weighted by Crippen LogP contribution is 2.40. The number of para-hydroxylation sites is 1. The SMILES string of the molecule is Cc1cccc(Nc2c(C(=O)C3CCN(C(=O)OCc4ccccc4)CC3)sc3c2ccc(=O)n3-c2ccccc2)n1. The van der Waals surface area contributed by atoms with Gasteiger partial charge in [0.05, 0.1) is 16.3 Å². The number of aromatic nitrogens is 2. The van der Waals surface area contributed by atoms with E-state index in [9.17, 15) is 14.4 Å². The zero-order valence-corrected chi connectivity index (χ0v) is 24.0. The number of carbonyl (C=O) groups excluding carboxylic acids is 2. The van der Waals surface area contributed by atoms with Crippen molar-refractivity contribution >= 4 is 44.9 Å². The smallest absolute Gasteiger partial charge is 0.410 e. The Balaban J connectivity index is 1.28. The Labute approximate surface area is 247 Å². The third-order valence-electron chi connectivity index (χ3n) is 7.45. The van der Waals surface area contributed by atoms with Gasteiger partial charge >= 0.3 is 6.09 Å². The Hall–Kier alpha value is -4.76. The largest absolute Gasteiger partial charge is 0.445 e. The lowest BCUT2D eigenvalue weighted by atomic mass is 9.91. The molecule has 0 unspecified atom stereocenters. The number of piperidine rings is 1. The second-order valence-electron chi connectivity index (χ2n) is 10.3. The van der Waals surface area contributed by atoms with E-state index in [2.05, 4.69) is 10.3 Å². The molecule has 212 valence electrons. The molecule has 5 aromatic rings. The zero-order valence-electron chi connectivity index (χ0n) is 23.2. The maximum absolute atomic E-state index is 14.1. The van der Waals surface area contributed by atoms with Gasteiger partial charge in [-0.1, -0.05) is 54.6 Å². The molecule has 4 heterocycles. The van der Waals surface area contributed by atoms with E-state index in [4.69, 9.17) is 4.74 Å². The van der Waals surface area contributed by atoms with Crippen molar-refractivity contribution in [1.29, 1.82) is 0 Å². The first-order chi connectivity index (χ1) is 20.5. The fraction of sp³-hybridized carbons (Fsp3) is 0.212. The summed E-state index contributed by atoms with van der Waals surface area (Å²) in [5.41, 5.74) is 2.98. The second-order valence-corrected chi connectivity index (χ2v) is 11.3. The van der Waals surface area contributed by atoms with Gasteiger partial charge in [0.25, 0.3) is 5.56 Å². The van der Waals surface area contributed by atoms with E-state index >= 15 is 0 Å². The average Bonchev–Trinajstić information content (AvgIpc) is 3.38. The summed E-state index contributed by atoms with van der Waals surface area (Å²) in [6.45, 7) is 3.00. The summed E-state index contributed by atoms with van der Waals surface area (Å²) < 4.78 is 7.15. The van der Waals surface area contributed by atoms with E-state index in [1.807, 2.05) is 85.8 Å². The van der Waals surface area contributed by atoms with E-state index in [1.54, 1.807) is 15.5 Å². The van der Waals surface area contributed by atoms with E-state index in [0.717, 1.165) is 22.3 Å². The lowest BCUT2D eigenvalue weighted by molar-refractivity contribution is 0.0716. The minimum absolute atomic E-state index is 0.00397. The molecule has 1 aliphatic rings. The first kappa shape index (κ1) is 27.4. The molecule has 6 rings (SSSR count). The maximum atomic E-state index is 14.1. The average molecular weight is 579 g/mol. The number of carbonyl (C=O) groups is 2. The van der Waals surface area contributed by atoms with Gasteiger partial charge in [-0.15, -0.1) is 11.3 Å². The van der Waals surface area contributed by atoms with Crippen LogP contribution in [-0.4, -0.2) is 39.4 Å². The van der Waals surface area contributed by atoms with E-state index < -0.39 is 0 Å². The zero-order chi connectivity index (χ0) is 29.1. The molecule has 42 heavy (non-hydrogen) atoms. The topological polar surface area (TPSA) is 93.5 Å². The summed E-state index contributed by atoms with van der Waals surface area (Å²) in [6.07, 6.45) is 0.689. The quantitative estimate of drug-likeness (QED) is 0.215. The number of anilines is 2. The maximum Gasteiger partial charge on any atom is 0.410 e. The van der Waals surface area contributed by atoms with E-state index in [1.165, 1.54) is 17.4 Å². The molecular formula is C33H30N4O4S. The molecule has 0 aliphatic carbocycles. The van der Waals surface area contributed by atoms with Gasteiger partial charge in [0.1, 0.15) is 17.3 Å². The van der Waals surface area contributed by atoms with Crippen LogP contribution in [0.3, 0.4) is 0 Å². The van der Waals surface area contributed by atoms with Gasteiger partial charge in [0.15, 0.2) is 5.78 Å². The normalized spacial score (nSPS) is 13.7. The number of ether oxygens (including phenoxy) is 1. The summed E-state index contributed by atoms with van der Waals surface area (Å²) in [4.78, 5) is 47.4. The van der Waals surface area contributed by atoms with Crippen molar-refractivity contribution in [2.24, 2.45) is 5.92 Å². The first-order valence-corrected chi connectivity index (χ1v) is 14.7. The highest BCUT2D eigenvalue weighted by atomic mass is 32.1. The van der Waals surface area contributed by atoms with Crippen molar-refractivity contribution in [1.82, 2.24) is 14.5 Å². The Bertz CT molecular complexity index is 1790. The molecule has 2 aromatic carbocycles. The summed E-state index contributed by atoms with van der Waals surface area (Å²) in [5.74, 6) is 0.354. The van der Waals surface area contributed by atoms with Crippen LogP contribution in [0, 0.1) is 12.8 Å². The molecule has 1 aliphatic heterocycles. The van der Waals surface area contributed by atoms with E-state index in [0.29, 0.717) is 47.1 Å². The number of amides is 1. The van der Waals surface area contributed by atoms with Gasteiger partial charge < -0.3 is 15.0 Å². The van der Waals surface area contributed by atoms with Crippen LogP contribution in [-0.2, 0) is 11.3 Å². The monoisotopic (exact) mass is 578 g/mol. The number of benzene rings is 2. The summed E-state index contributed by atoms with van der Waals surface area (Å²) >= 11 is 1.32. The molecule has 9 heteroatoms. The Kier molecular flexibility index (Phi) is 7.83. The Morgan fingerprint density at radius 2 is 1.64 bits per heavy atom. The van der Waals surface area contributed by atoms with Crippen LogP contribution in [0.15, 0.2) is 95.8 Å². The number of likely N-dealkylation sites (tertiary alicyclic amines) is 1. The van der Waals surface area contributed by atoms with Crippen molar-refractivity contribution in [3.8, 4) is 5.69 Å². The number of hydrogen-bond acceptors (Lipinski definition) is 7. The Morgan fingerprint density at radius 3 is 2.36 bits per heavy atom. The molecule has 1 N–H and O–H groups in total. The number of nitrogens with zero attached hydrogens (tertiary/aromatic N) is 3. The lowest BCUT2D eigenvalue weighted by Crippen LogP contribution is -2.40. The molecule has 3 aromatic heterocycles. The standard InChI is InChI=1S/C33H30N4O4S/c1-22-9-8-14-27(34-22)35-29-26-15-16-28(38)37(25-12-6-3-7-13-25)32(26)42-31(29)30(39)24-17-19-36(20-18-24)33(40)41-21-23-10-4-2-5-11-23/h2-16,24H,17-21H2,1H3,(H,34,35). The van der Waals surface area contributed by atoms with Crippen LogP contribution in [0.2, 0.25) is 0 Å². The summed E-state index contributed by atoms with van der Waals surface area (Å²) in [7, 11) is 0. The fourth-order valence-corrected chi connectivity index (χ4v) is 6.55. The van der Waals surface area contributed by atoms with Crippen LogP contribution in [0.5, 0.6) is 0 Å². The van der Waals surface area contributed by atoms with Gasteiger partial charge in [-0.2, -0.15) is 0 Å². The van der Waals surface area contributed by atoms with Gasteiger partial charge in [-0.05, 0) is 55.7 Å². The molecule has 0 radical (unpaired) electrons. The van der Waals surface area contributed by atoms with Gasteiger partial charge in [0, 0.05) is 36.2 Å². The number of ketones is 1. The molecule has 0 atom stereocenters. The van der Waals surface area contributed by atoms with Crippen LogP contribution in [0.25, 0.3) is 15.9 Å². The predicted octanol–water partition coefficient (Wildman–Crippen LogP) is 6.73. The fourth-order valence-electron chi connectivity index (χ4n) is 5.26. The molecule has 1 saturated heterocycles. The number of thiophene rings is 1. The van der Waals surface area contributed by atoms with Crippen molar-refractivity contribution in [3.05, 3.63) is 117 Å². The summed E-state index contributed by atoms with van der Waals surface area (Å²) in [6, 6.07) is 28.0. The number of hydrogen-bond donors (Lipinski definition) is 1. The minimum Gasteiger partial charge on any atom is -0.445 e. The predicted molar refractivity (Wildman–Crippen MR) is 165 cm³/mol. The van der Waals surface area contributed by atoms with Gasteiger partial charge in [-0.3, -0.25) is 14.2 Å². The molecule has 8 nitrogen and oxygen atoms in total. The number of Topliss-reactive ketones (excluding diaryl/α,β-unsaturated/α-hetero) is 1. The number of pyridine rings is 2. The van der Waals surface area contributed by atoms with Crippen molar-refractivity contribution in [3.63, 3.8) is 0 Å². The van der Waals surface area contributed by atoms with Crippen LogP contribution in [0.4, 0.5) is 16.3 Å². The minimum atomic E-state index is -0.369. The highest BCUT2D eigenvalue weighted by Gasteiger charge is 2.32. The first-order valence-electron chi connectivity index (χ1n) is 13.9. The lowest BCUT2D eigenvalue weighted by Gasteiger charge is -2.30. The molecule has 0 bridgehead atoms. The third-order valence-corrected chi connectivity index (χ3v) is 8.66. The Morgan fingerprint density at radius 1 is 0.929 bits per heavy atom. The number of fused-ring (bicyclic) bond motifs is 1. The number of aryl methyl sites for hydroxylation is 1. The van der Waals surface area contributed by atoms with E-state index in [-0.39, 0.29) is 30.0 Å². The highest BCUT2D eigenvalue weighted by molar-refractivity contribution is 7.21. The number of nitrogens with one attached hydrogen (secondary N) is 1. The van der Waals surface area contributed by atoms with Crippen LogP contribution in [0.1, 0.15) is 33.8 Å². The third kappa shape index (κ3) is 5.69.